The van der Waals surface area contributed by atoms with Crippen molar-refractivity contribution in [3.05, 3.63) is 63.4 Å². The fourth-order valence-corrected chi connectivity index (χ4v) is 3.23. The van der Waals surface area contributed by atoms with Crippen LogP contribution in [0.15, 0.2) is 48.5 Å². The molecule has 27 heavy (non-hydrogen) atoms. The molecule has 0 aliphatic rings. The van der Waals surface area contributed by atoms with Gasteiger partial charge >= 0.3 is 11.9 Å². The molecule has 3 aromatic rings. The number of carbonyl (C=O) groups excluding carboxylic acids is 2. The van der Waals surface area contributed by atoms with E-state index in [1.165, 1.54) is 31.0 Å². The second-order valence-electron chi connectivity index (χ2n) is 5.47. The van der Waals surface area contributed by atoms with Gasteiger partial charge in [-0.25, -0.2) is 14.3 Å². The highest BCUT2D eigenvalue weighted by molar-refractivity contribution is 14.1. The summed E-state index contributed by atoms with van der Waals surface area (Å²) < 4.78 is 11.8. The number of aromatic hydroxyl groups is 1. The zero-order chi connectivity index (χ0) is 19.6. The van der Waals surface area contributed by atoms with Gasteiger partial charge in [-0.15, -0.1) is 0 Å². The molecule has 8 heteroatoms. The van der Waals surface area contributed by atoms with Crippen molar-refractivity contribution >= 4 is 34.5 Å². The van der Waals surface area contributed by atoms with Gasteiger partial charge in [-0.2, -0.15) is 5.10 Å². The van der Waals surface area contributed by atoms with Crippen LogP contribution in [0.1, 0.15) is 20.8 Å². The maximum Gasteiger partial charge on any atom is 0.357 e. The van der Waals surface area contributed by atoms with E-state index in [1.807, 2.05) is 6.07 Å². The molecule has 0 spiro atoms. The summed E-state index contributed by atoms with van der Waals surface area (Å²) in [5.41, 5.74) is 1.20. The molecule has 0 aliphatic carbocycles. The van der Waals surface area contributed by atoms with Gasteiger partial charge < -0.3 is 14.6 Å². The van der Waals surface area contributed by atoms with Gasteiger partial charge in [0.2, 0.25) is 0 Å². The number of hydrogen-bond donors (Lipinski definition) is 1. The van der Waals surface area contributed by atoms with Crippen molar-refractivity contribution in [1.29, 1.82) is 0 Å². The van der Waals surface area contributed by atoms with E-state index < -0.39 is 11.9 Å². The summed E-state index contributed by atoms with van der Waals surface area (Å²) in [6, 6.07) is 13.6. The number of ether oxygens (including phenoxy) is 2. The summed E-state index contributed by atoms with van der Waals surface area (Å²) in [6.45, 7) is 0. The first-order chi connectivity index (χ1) is 13.0. The number of methoxy groups -OCH3 is 2. The molecule has 1 heterocycles. The Balaban J connectivity index is 2.40. The SMILES string of the molecule is COC(=O)c1c(-c2cc(O)ccc2I)nn(-c2ccccc2)c1C(=O)OC. The first-order valence-electron chi connectivity index (χ1n) is 7.82. The van der Waals surface area contributed by atoms with Crippen LogP contribution in [0.2, 0.25) is 0 Å². The van der Waals surface area contributed by atoms with Crippen LogP contribution in [-0.4, -0.2) is 41.0 Å². The molecule has 138 valence electrons. The molecule has 0 saturated heterocycles. The van der Waals surface area contributed by atoms with Gasteiger partial charge in [-0.05, 0) is 52.9 Å². The molecule has 0 radical (unpaired) electrons. The summed E-state index contributed by atoms with van der Waals surface area (Å²) in [5.74, 6) is -1.45. The minimum absolute atomic E-state index is 0.00936. The molecule has 7 nitrogen and oxygen atoms in total. The Kier molecular flexibility index (Phi) is 5.45. The summed E-state index contributed by atoms with van der Waals surface area (Å²) in [6.07, 6.45) is 0. The largest absolute Gasteiger partial charge is 0.508 e. The number of phenolic OH excluding ortho intramolecular Hbond substituents is 1. The van der Waals surface area contributed by atoms with Crippen LogP contribution < -0.4 is 0 Å². The molecule has 2 aromatic carbocycles. The van der Waals surface area contributed by atoms with Crippen molar-refractivity contribution < 1.29 is 24.2 Å². The quantitative estimate of drug-likeness (QED) is 0.457. The van der Waals surface area contributed by atoms with E-state index in [2.05, 4.69) is 27.7 Å². The Morgan fingerprint density at radius 1 is 1.04 bits per heavy atom. The summed E-state index contributed by atoms with van der Waals surface area (Å²) in [4.78, 5) is 25.0. The molecule has 0 fully saturated rings. The zero-order valence-corrected chi connectivity index (χ0v) is 16.6. The highest BCUT2D eigenvalue weighted by atomic mass is 127. The predicted octanol–water partition coefficient (Wildman–Crippen LogP) is 3.42. The molecule has 0 atom stereocenters. The van der Waals surface area contributed by atoms with E-state index in [0.717, 1.165) is 3.57 Å². The third-order valence-corrected chi connectivity index (χ3v) is 4.80. The highest BCUT2D eigenvalue weighted by Crippen LogP contribution is 2.33. The van der Waals surface area contributed by atoms with Gasteiger partial charge in [0.05, 0.1) is 19.9 Å². The van der Waals surface area contributed by atoms with E-state index in [9.17, 15) is 14.7 Å². The molecule has 3 rings (SSSR count). The van der Waals surface area contributed by atoms with Crippen molar-refractivity contribution in [2.45, 2.75) is 0 Å². The van der Waals surface area contributed by atoms with Crippen molar-refractivity contribution in [1.82, 2.24) is 9.78 Å². The molecule has 0 unspecified atom stereocenters. The van der Waals surface area contributed by atoms with Crippen LogP contribution in [0.5, 0.6) is 5.75 Å². The van der Waals surface area contributed by atoms with Crippen LogP contribution in [-0.2, 0) is 9.47 Å². The lowest BCUT2D eigenvalue weighted by Crippen LogP contribution is -2.15. The number of phenols is 1. The van der Waals surface area contributed by atoms with Crippen LogP contribution in [0.25, 0.3) is 16.9 Å². The Morgan fingerprint density at radius 2 is 1.70 bits per heavy atom. The number of carbonyl (C=O) groups is 2. The van der Waals surface area contributed by atoms with Gasteiger partial charge in [-0.1, -0.05) is 18.2 Å². The van der Waals surface area contributed by atoms with E-state index >= 15 is 0 Å². The number of esters is 2. The van der Waals surface area contributed by atoms with Crippen molar-refractivity contribution in [3.63, 3.8) is 0 Å². The van der Waals surface area contributed by atoms with Gasteiger partial charge in [0.1, 0.15) is 17.0 Å². The third-order valence-electron chi connectivity index (χ3n) is 3.86. The lowest BCUT2D eigenvalue weighted by Gasteiger charge is -2.07. The fraction of sp³-hybridized carbons (Fsp3) is 0.105. The van der Waals surface area contributed by atoms with Gasteiger partial charge in [-0.3, -0.25) is 0 Å². The molecular formula is C19H15IN2O5. The maximum atomic E-state index is 12.5. The van der Waals surface area contributed by atoms with Gasteiger partial charge in [0.15, 0.2) is 5.69 Å². The molecular weight excluding hydrogens is 463 g/mol. The first kappa shape index (κ1) is 18.9. The lowest BCUT2D eigenvalue weighted by atomic mass is 10.1. The van der Waals surface area contributed by atoms with Crippen LogP contribution in [0, 0.1) is 3.57 Å². The van der Waals surface area contributed by atoms with E-state index in [-0.39, 0.29) is 22.7 Å². The monoisotopic (exact) mass is 478 g/mol. The number of para-hydroxylation sites is 1. The Labute approximate surface area is 168 Å². The normalized spacial score (nSPS) is 10.5. The number of aromatic nitrogens is 2. The summed E-state index contributed by atoms with van der Waals surface area (Å²) >= 11 is 2.07. The molecule has 0 saturated carbocycles. The average Bonchev–Trinajstić information content (AvgIpc) is 3.09. The predicted molar refractivity (Wildman–Crippen MR) is 106 cm³/mol. The van der Waals surface area contributed by atoms with E-state index in [0.29, 0.717) is 11.3 Å². The second kappa shape index (κ2) is 7.78. The smallest absolute Gasteiger partial charge is 0.357 e. The number of hydrogen-bond acceptors (Lipinski definition) is 6. The molecule has 0 amide bonds. The van der Waals surface area contributed by atoms with Gasteiger partial charge in [0.25, 0.3) is 0 Å². The molecule has 1 N–H and O–H groups in total. The standard InChI is InChI=1S/C19H15IN2O5/c1-26-18(24)15-16(13-10-12(23)8-9-14(13)20)21-22(17(15)19(25)27-2)11-6-4-3-5-7-11/h3-10,23H,1-2H3. The number of halogens is 1. The molecule has 0 aliphatic heterocycles. The van der Waals surface area contributed by atoms with Gasteiger partial charge in [0, 0.05) is 9.13 Å². The summed E-state index contributed by atoms with van der Waals surface area (Å²) in [7, 11) is 2.45. The zero-order valence-electron chi connectivity index (χ0n) is 14.5. The first-order valence-corrected chi connectivity index (χ1v) is 8.89. The van der Waals surface area contributed by atoms with E-state index in [1.54, 1.807) is 30.3 Å². The maximum absolute atomic E-state index is 12.5. The molecule has 0 bridgehead atoms. The fourth-order valence-electron chi connectivity index (χ4n) is 2.64. The second-order valence-corrected chi connectivity index (χ2v) is 6.63. The minimum Gasteiger partial charge on any atom is -0.508 e. The molecule has 1 aromatic heterocycles. The third kappa shape index (κ3) is 3.52. The Hall–Kier alpha value is -2.88. The number of rotatable bonds is 4. The van der Waals surface area contributed by atoms with Crippen LogP contribution in [0.3, 0.4) is 0 Å². The van der Waals surface area contributed by atoms with E-state index in [4.69, 9.17) is 9.47 Å². The Bertz CT molecular complexity index is 1010. The highest BCUT2D eigenvalue weighted by Gasteiger charge is 2.32. The van der Waals surface area contributed by atoms with Crippen LogP contribution in [0.4, 0.5) is 0 Å². The van der Waals surface area contributed by atoms with Crippen molar-refractivity contribution in [3.8, 4) is 22.7 Å². The topological polar surface area (TPSA) is 90.6 Å². The minimum atomic E-state index is -0.730. The van der Waals surface area contributed by atoms with Crippen LogP contribution >= 0.6 is 22.6 Å². The Morgan fingerprint density at radius 3 is 2.33 bits per heavy atom. The lowest BCUT2D eigenvalue weighted by molar-refractivity contribution is 0.0549. The summed E-state index contributed by atoms with van der Waals surface area (Å²) in [5, 5.41) is 14.4. The van der Waals surface area contributed by atoms with Crippen molar-refractivity contribution in [2.75, 3.05) is 14.2 Å². The number of benzene rings is 2. The average molecular weight is 478 g/mol. The number of nitrogens with zero attached hydrogens (tertiary/aromatic N) is 2. The van der Waals surface area contributed by atoms with Crippen molar-refractivity contribution in [2.24, 2.45) is 0 Å².